The number of nitrogens with one attached hydrogen (secondary N) is 1. The molecule has 0 spiro atoms. The zero-order chi connectivity index (χ0) is 28.6. The number of aromatic nitrogens is 5. The largest absolute Gasteiger partial charge is 0.382 e. The molecule has 0 aliphatic heterocycles. The summed E-state index contributed by atoms with van der Waals surface area (Å²) in [5.74, 6) is -0.913. The van der Waals surface area contributed by atoms with Crippen molar-refractivity contribution in [2.75, 3.05) is 12.3 Å². The number of imidazole rings is 2. The molecule has 3 N–H and O–H groups in total. The predicted octanol–water partition coefficient (Wildman–Crippen LogP) is 6.74. The van der Waals surface area contributed by atoms with Gasteiger partial charge in [0.25, 0.3) is 5.91 Å². The fourth-order valence-corrected chi connectivity index (χ4v) is 5.13. The van der Waals surface area contributed by atoms with Crippen molar-refractivity contribution < 1.29 is 28.6 Å². The Kier molecular flexibility index (Phi) is 5.46. The molecule has 3 aromatic heterocycles. The molecule has 1 amide bonds. The highest BCUT2D eigenvalue weighted by Crippen LogP contribution is 3.02. The van der Waals surface area contributed by atoms with Crippen molar-refractivity contribution in [2.45, 2.75) is 32.2 Å². The number of H-pyrrole nitrogens is 1. The second-order valence-corrected chi connectivity index (χ2v) is 12.2. The number of nitrogens with two attached hydrogens (primary N) is 1. The molecule has 208 valence electrons. The van der Waals surface area contributed by atoms with E-state index in [4.69, 9.17) is 5.73 Å². The number of carbonyl (C=O) groups is 1. The van der Waals surface area contributed by atoms with Crippen molar-refractivity contribution in [1.82, 2.24) is 29.2 Å². The lowest BCUT2D eigenvalue weighted by atomic mass is 10.1. The van der Waals surface area contributed by atoms with Gasteiger partial charge in [-0.15, -0.1) is 0 Å². The number of aromatic amines is 1. The van der Waals surface area contributed by atoms with E-state index in [9.17, 15) is 24.2 Å². The summed E-state index contributed by atoms with van der Waals surface area (Å²) in [6, 6.07) is 3.83. The summed E-state index contributed by atoms with van der Waals surface area (Å²) in [7, 11) is -9.90. The van der Waals surface area contributed by atoms with Gasteiger partial charge in [0.1, 0.15) is 33.7 Å². The molecular weight excluding hydrogens is 548 g/mol. The van der Waals surface area contributed by atoms with Crippen molar-refractivity contribution in [3.8, 4) is 0 Å². The molecule has 0 radical (unpaired) electrons. The normalized spacial score (nSPS) is 14.3. The van der Waals surface area contributed by atoms with Crippen LogP contribution in [0.25, 0.3) is 27.6 Å². The Morgan fingerprint density at radius 1 is 1.08 bits per heavy atom. The number of rotatable bonds is 6. The molecule has 8 nitrogen and oxygen atoms in total. The molecule has 39 heavy (non-hydrogen) atoms. The second-order valence-electron chi connectivity index (χ2n) is 9.75. The first-order chi connectivity index (χ1) is 17.9. The lowest BCUT2D eigenvalue weighted by Crippen LogP contribution is -2.34. The summed E-state index contributed by atoms with van der Waals surface area (Å²) < 4.78 is 83.2. The molecule has 3 heterocycles. The standard InChI is InChI=1S/C24H23F6N7OS/c1-12(2)10-36(11-22-33-17-5-4-14(6-18(17)34-22)39(26,27,28,29)30)24(38)15-7-20-19(8-16(15)25)35-23(31)21-9-32-13(3)37(20)21/h4-9,12H,10-11H2,1-3H3,(H2,31,35)(H,33,34). The third kappa shape index (κ3) is 4.93. The van der Waals surface area contributed by atoms with E-state index in [1.165, 1.54) is 17.2 Å². The number of amides is 1. The summed E-state index contributed by atoms with van der Waals surface area (Å²) in [4.78, 5) is 28.0. The molecule has 0 atom stereocenters. The van der Waals surface area contributed by atoms with Gasteiger partial charge in [-0.05, 0) is 37.1 Å². The highest BCUT2D eigenvalue weighted by Gasteiger charge is 2.65. The number of aryl methyl sites for hydroxylation is 1. The molecule has 0 aliphatic carbocycles. The number of halogens is 6. The van der Waals surface area contributed by atoms with Crippen molar-refractivity contribution in [3.05, 3.63) is 59.6 Å². The third-order valence-electron chi connectivity index (χ3n) is 6.14. The van der Waals surface area contributed by atoms with Crippen molar-refractivity contribution in [3.63, 3.8) is 0 Å². The zero-order valence-corrected chi connectivity index (χ0v) is 21.7. The molecule has 0 unspecified atom stereocenters. The van der Waals surface area contributed by atoms with Crippen LogP contribution in [-0.4, -0.2) is 41.7 Å². The van der Waals surface area contributed by atoms with E-state index >= 15 is 4.39 Å². The van der Waals surface area contributed by atoms with E-state index in [1.54, 1.807) is 11.3 Å². The molecule has 0 saturated carbocycles. The van der Waals surface area contributed by atoms with Crippen LogP contribution in [0, 0.1) is 18.7 Å². The van der Waals surface area contributed by atoms with Crippen LogP contribution in [0.15, 0.2) is 41.4 Å². The quantitative estimate of drug-likeness (QED) is 0.220. The molecular formula is C24H23F6N7OS. The maximum absolute atomic E-state index is 15.2. The molecule has 5 aromatic rings. The molecule has 5 rings (SSSR count). The van der Waals surface area contributed by atoms with Gasteiger partial charge in [0.2, 0.25) is 0 Å². The van der Waals surface area contributed by atoms with Crippen LogP contribution in [0.2, 0.25) is 0 Å². The summed E-state index contributed by atoms with van der Waals surface area (Å²) >= 11 is 0. The number of hydrogen-bond acceptors (Lipinski definition) is 5. The summed E-state index contributed by atoms with van der Waals surface area (Å²) in [5.41, 5.74) is 6.52. The van der Waals surface area contributed by atoms with E-state index in [1.807, 2.05) is 13.8 Å². The monoisotopic (exact) mass is 571 g/mol. The van der Waals surface area contributed by atoms with Gasteiger partial charge in [0.15, 0.2) is 0 Å². The average Bonchev–Trinajstić information content (AvgIpc) is 3.39. The maximum atomic E-state index is 15.2. The van der Waals surface area contributed by atoms with Gasteiger partial charge in [0, 0.05) is 12.6 Å². The number of anilines is 1. The smallest absolute Gasteiger partial charge is 0.310 e. The van der Waals surface area contributed by atoms with Gasteiger partial charge in [-0.1, -0.05) is 33.3 Å². The van der Waals surface area contributed by atoms with E-state index in [2.05, 4.69) is 19.9 Å². The van der Waals surface area contributed by atoms with E-state index < -0.39 is 26.8 Å². The van der Waals surface area contributed by atoms with Crippen LogP contribution in [0.5, 0.6) is 0 Å². The SMILES string of the molecule is Cc1ncc2c(N)nc3cc(F)c(C(=O)N(Cc4nc5ccc(S(F)(F)(F)(F)F)cc5[nH]4)CC(C)C)cc3n12. The lowest BCUT2D eigenvalue weighted by Gasteiger charge is -2.40. The number of benzene rings is 2. The number of nitrogen functional groups attached to an aromatic ring is 1. The molecule has 0 aliphatic rings. The van der Waals surface area contributed by atoms with Crippen LogP contribution in [0.3, 0.4) is 0 Å². The van der Waals surface area contributed by atoms with Crippen molar-refractivity contribution in [1.29, 1.82) is 0 Å². The Hall–Kier alpha value is -4.01. The number of hydrogen-bond donors (Lipinski definition) is 2. The summed E-state index contributed by atoms with van der Waals surface area (Å²) in [5, 5.41) is 0. The van der Waals surface area contributed by atoms with E-state index in [-0.39, 0.29) is 58.8 Å². The van der Waals surface area contributed by atoms with Crippen LogP contribution >= 0.6 is 10.2 Å². The van der Waals surface area contributed by atoms with Gasteiger partial charge in [-0.3, -0.25) is 9.20 Å². The van der Waals surface area contributed by atoms with Crippen LogP contribution in [-0.2, 0) is 6.54 Å². The lowest BCUT2D eigenvalue weighted by molar-refractivity contribution is 0.0714. The minimum Gasteiger partial charge on any atom is -0.382 e. The Morgan fingerprint density at radius 3 is 2.46 bits per heavy atom. The predicted molar refractivity (Wildman–Crippen MR) is 137 cm³/mol. The molecule has 0 fully saturated rings. The first-order valence-corrected chi connectivity index (χ1v) is 13.6. The fourth-order valence-electron chi connectivity index (χ4n) is 4.47. The number of fused-ring (bicyclic) bond motifs is 4. The van der Waals surface area contributed by atoms with Gasteiger partial charge in [-0.2, -0.15) is 0 Å². The molecule has 0 bridgehead atoms. The van der Waals surface area contributed by atoms with Gasteiger partial charge in [0.05, 0.1) is 40.4 Å². The minimum absolute atomic E-state index is 0.00562. The number of nitrogens with zero attached hydrogens (tertiary/aromatic N) is 5. The zero-order valence-electron chi connectivity index (χ0n) is 20.9. The number of carbonyl (C=O) groups excluding carboxylic acids is 1. The minimum atomic E-state index is -9.90. The van der Waals surface area contributed by atoms with Gasteiger partial charge < -0.3 is 15.6 Å². The highest BCUT2D eigenvalue weighted by molar-refractivity contribution is 8.45. The highest BCUT2D eigenvalue weighted by atomic mass is 32.5. The van der Waals surface area contributed by atoms with Gasteiger partial charge in [-0.25, -0.2) is 19.3 Å². The van der Waals surface area contributed by atoms with Crippen LogP contribution in [0.1, 0.15) is 35.9 Å². The first-order valence-electron chi connectivity index (χ1n) is 11.7. The van der Waals surface area contributed by atoms with Gasteiger partial charge >= 0.3 is 10.2 Å². The summed E-state index contributed by atoms with van der Waals surface area (Å²) in [6.07, 6.45) is 1.51. The summed E-state index contributed by atoms with van der Waals surface area (Å²) in [6.45, 7) is 5.26. The van der Waals surface area contributed by atoms with Crippen molar-refractivity contribution >= 4 is 49.5 Å². The molecule has 15 heteroatoms. The second kappa shape index (κ2) is 8.00. The Morgan fingerprint density at radius 2 is 1.79 bits per heavy atom. The first kappa shape index (κ1) is 26.6. The van der Waals surface area contributed by atoms with E-state index in [0.717, 1.165) is 12.1 Å². The van der Waals surface area contributed by atoms with Crippen LogP contribution < -0.4 is 5.73 Å². The maximum Gasteiger partial charge on any atom is 0.310 e. The van der Waals surface area contributed by atoms with Crippen molar-refractivity contribution in [2.24, 2.45) is 5.92 Å². The average molecular weight is 572 g/mol. The van der Waals surface area contributed by atoms with E-state index in [0.29, 0.717) is 22.9 Å². The third-order valence-corrected chi connectivity index (χ3v) is 7.28. The fraction of sp³-hybridized carbons (Fsp3) is 0.250. The topological polar surface area (TPSA) is 105 Å². The van der Waals surface area contributed by atoms with Crippen LogP contribution in [0.4, 0.5) is 29.6 Å². The molecule has 0 saturated heterocycles. The molecule has 2 aromatic carbocycles. The Labute approximate surface area is 217 Å². The Bertz CT molecular complexity index is 1800. The Balaban J connectivity index is 1.55.